The van der Waals surface area contributed by atoms with Gasteiger partial charge in [-0.2, -0.15) is 0 Å². The molecule has 2 heterocycles. The van der Waals surface area contributed by atoms with Gasteiger partial charge in [0.2, 0.25) is 0 Å². The standard InChI is InChI=1S/C14H10Br2N2O2/c15-9-2-4-13-12(5-9)18(14(19)8-20-13)7-11-3-1-10(16)6-17-11/h1-6H,7-8H2. The molecule has 20 heavy (non-hydrogen) atoms. The molecule has 102 valence electrons. The molecule has 4 nitrogen and oxygen atoms in total. The summed E-state index contributed by atoms with van der Waals surface area (Å²) in [6.45, 7) is 0.490. The van der Waals surface area contributed by atoms with Crippen molar-refractivity contribution in [3.63, 3.8) is 0 Å². The monoisotopic (exact) mass is 396 g/mol. The van der Waals surface area contributed by atoms with E-state index in [0.717, 1.165) is 20.3 Å². The molecule has 1 aliphatic heterocycles. The molecule has 0 bridgehead atoms. The number of rotatable bonds is 2. The number of amides is 1. The number of pyridine rings is 1. The van der Waals surface area contributed by atoms with E-state index >= 15 is 0 Å². The fourth-order valence-corrected chi connectivity index (χ4v) is 2.59. The molecular weight excluding hydrogens is 388 g/mol. The first-order valence-corrected chi connectivity index (χ1v) is 7.55. The average Bonchev–Trinajstić information content (AvgIpc) is 2.44. The maximum atomic E-state index is 12.1. The quantitative estimate of drug-likeness (QED) is 0.778. The Morgan fingerprint density at radius 3 is 2.75 bits per heavy atom. The van der Waals surface area contributed by atoms with Crippen molar-refractivity contribution in [3.05, 3.63) is 51.2 Å². The van der Waals surface area contributed by atoms with E-state index in [0.29, 0.717) is 12.3 Å². The number of benzene rings is 1. The molecule has 0 saturated heterocycles. The summed E-state index contributed by atoms with van der Waals surface area (Å²) >= 11 is 6.77. The summed E-state index contributed by atoms with van der Waals surface area (Å²) in [4.78, 5) is 18.1. The lowest BCUT2D eigenvalue weighted by Crippen LogP contribution is -2.38. The number of carbonyl (C=O) groups is 1. The van der Waals surface area contributed by atoms with E-state index in [1.54, 1.807) is 11.1 Å². The molecule has 0 atom stereocenters. The SMILES string of the molecule is O=C1COc2ccc(Br)cc2N1Cc1ccc(Br)cn1. The molecule has 2 aromatic rings. The Kier molecular flexibility index (Phi) is 3.76. The summed E-state index contributed by atoms with van der Waals surface area (Å²) in [6, 6.07) is 9.43. The molecule has 1 aromatic heterocycles. The Morgan fingerprint density at radius 1 is 1.20 bits per heavy atom. The second-order valence-electron chi connectivity index (χ2n) is 4.35. The van der Waals surface area contributed by atoms with Crippen LogP contribution in [-0.4, -0.2) is 17.5 Å². The van der Waals surface area contributed by atoms with Crippen LogP contribution in [0.2, 0.25) is 0 Å². The number of hydrogen-bond acceptors (Lipinski definition) is 3. The van der Waals surface area contributed by atoms with E-state index in [-0.39, 0.29) is 12.5 Å². The summed E-state index contributed by atoms with van der Waals surface area (Å²) in [5.74, 6) is 0.644. The Labute approximate surface area is 133 Å². The molecule has 3 rings (SSSR count). The van der Waals surface area contributed by atoms with E-state index in [1.807, 2.05) is 30.3 Å². The summed E-state index contributed by atoms with van der Waals surface area (Å²) in [5.41, 5.74) is 1.59. The van der Waals surface area contributed by atoms with Crippen LogP contribution in [0.3, 0.4) is 0 Å². The van der Waals surface area contributed by atoms with Crippen molar-refractivity contribution in [3.8, 4) is 5.75 Å². The van der Waals surface area contributed by atoms with Crippen LogP contribution >= 0.6 is 31.9 Å². The number of aromatic nitrogens is 1. The van der Waals surface area contributed by atoms with E-state index in [2.05, 4.69) is 36.8 Å². The lowest BCUT2D eigenvalue weighted by Gasteiger charge is -2.29. The van der Waals surface area contributed by atoms with Crippen molar-refractivity contribution in [1.82, 2.24) is 4.98 Å². The van der Waals surface area contributed by atoms with Crippen LogP contribution < -0.4 is 9.64 Å². The van der Waals surface area contributed by atoms with Crippen molar-refractivity contribution < 1.29 is 9.53 Å². The predicted molar refractivity (Wildman–Crippen MR) is 82.8 cm³/mol. The number of hydrogen-bond donors (Lipinski definition) is 0. The van der Waals surface area contributed by atoms with Gasteiger partial charge < -0.3 is 4.74 Å². The molecule has 6 heteroatoms. The molecule has 0 saturated carbocycles. The fourth-order valence-electron chi connectivity index (χ4n) is 2.01. The summed E-state index contributed by atoms with van der Waals surface area (Å²) in [6.07, 6.45) is 1.72. The number of anilines is 1. The molecule has 1 amide bonds. The minimum absolute atomic E-state index is 0.0607. The highest BCUT2D eigenvalue weighted by Gasteiger charge is 2.26. The van der Waals surface area contributed by atoms with Gasteiger partial charge in [0.25, 0.3) is 5.91 Å². The number of halogens is 2. The van der Waals surface area contributed by atoms with Gasteiger partial charge in [-0.1, -0.05) is 15.9 Å². The zero-order valence-corrected chi connectivity index (χ0v) is 13.5. The maximum absolute atomic E-state index is 12.1. The normalized spacial score (nSPS) is 13.9. The second-order valence-corrected chi connectivity index (χ2v) is 6.18. The van der Waals surface area contributed by atoms with Gasteiger partial charge in [0, 0.05) is 15.1 Å². The fraction of sp³-hybridized carbons (Fsp3) is 0.143. The first kappa shape index (κ1) is 13.6. The summed E-state index contributed by atoms with van der Waals surface area (Å²) < 4.78 is 7.26. The zero-order valence-electron chi connectivity index (χ0n) is 10.3. The van der Waals surface area contributed by atoms with E-state index < -0.39 is 0 Å². The molecule has 0 radical (unpaired) electrons. The van der Waals surface area contributed by atoms with E-state index in [1.165, 1.54) is 0 Å². The number of ether oxygens (including phenoxy) is 1. The van der Waals surface area contributed by atoms with Crippen LogP contribution in [0.4, 0.5) is 5.69 Å². The number of nitrogens with zero attached hydrogens (tertiary/aromatic N) is 2. The molecule has 1 aromatic carbocycles. The Morgan fingerprint density at radius 2 is 2.00 bits per heavy atom. The van der Waals surface area contributed by atoms with E-state index in [9.17, 15) is 4.79 Å². The van der Waals surface area contributed by atoms with Crippen molar-refractivity contribution >= 4 is 43.5 Å². The van der Waals surface area contributed by atoms with Gasteiger partial charge in [-0.15, -0.1) is 0 Å². The molecule has 0 spiro atoms. The Bertz CT molecular complexity index is 659. The molecule has 0 fully saturated rings. The van der Waals surface area contributed by atoms with Crippen molar-refractivity contribution in [2.24, 2.45) is 0 Å². The van der Waals surface area contributed by atoms with Crippen LogP contribution in [0.15, 0.2) is 45.5 Å². The van der Waals surface area contributed by atoms with Crippen LogP contribution in [0, 0.1) is 0 Å². The highest BCUT2D eigenvalue weighted by molar-refractivity contribution is 9.10. The van der Waals surface area contributed by atoms with Crippen molar-refractivity contribution in [2.45, 2.75) is 6.54 Å². The maximum Gasteiger partial charge on any atom is 0.265 e. The lowest BCUT2D eigenvalue weighted by molar-refractivity contribution is -0.121. The first-order chi connectivity index (χ1) is 9.63. The van der Waals surface area contributed by atoms with Gasteiger partial charge >= 0.3 is 0 Å². The summed E-state index contributed by atoms with van der Waals surface area (Å²) in [7, 11) is 0. The van der Waals surface area contributed by atoms with Gasteiger partial charge in [-0.05, 0) is 46.3 Å². The number of carbonyl (C=O) groups excluding carboxylic acids is 1. The predicted octanol–water partition coefficient (Wildman–Crippen LogP) is 3.53. The van der Waals surface area contributed by atoms with Gasteiger partial charge in [-0.25, -0.2) is 0 Å². The third kappa shape index (κ3) is 2.71. The number of fused-ring (bicyclic) bond motifs is 1. The topological polar surface area (TPSA) is 42.4 Å². The molecule has 0 N–H and O–H groups in total. The third-order valence-electron chi connectivity index (χ3n) is 2.97. The molecule has 1 aliphatic rings. The summed E-state index contributed by atoms with van der Waals surface area (Å²) in [5, 5.41) is 0. The smallest absolute Gasteiger partial charge is 0.265 e. The Hall–Kier alpha value is -1.40. The van der Waals surface area contributed by atoms with Crippen molar-refractivity contribution in [1.29, 1.82) is 0 Å². The highest BCUT2D eigenvalue weighted by atomic mass is 79.9. The highest BCUT2D eigenvalue weighted by Crippen LogP contribution is 2.35. The van der Waals surface area contributed by atoms with Crippen molar-refractivity contribution in [2.75, 3.05) is 11.5 Å². The Balaban J connectivity index is 1.94. The van der Waals surface area contributed by atoms with Gasteiger partial charge in [0.05, 0.1) is 17.9 Å². The van der Waals surface area contributed by atoms with E-state index in [4.69, 9.17) is 4.74 Å². The largest absolute Gasteiger partial charge is 0.482 e. The first-order valence-electron chi connectivity index (χ1n) is 5.96. The van der Waals surface area contributed by atoms with Crippen LogP contribution in [0.5, 0.6) is 5.75 Å². The minimum Gasteiger partial charge on any atom is -0.482 e. The molecule has 0 aliphatic carbocycles. The third-order valence-corrected chi connectivity index (χ3v) is 3.94. The average molecular weight is 398 g/mol. The van der Waals surface area contributed by atoms with Crippen LogP contribution in [-0.2, 0) is 11.3 Å². The van der Waals surface area contributed by atoms with Crippen LogP contribution in [0.25, 0.3) is 0 Å². The van der Waals surface area contributed by atoms with Gasteiger partial charge in [-0.3, -0.25) is 14.7 Å². The van der Waals surface area contributed by atoms with Crippen LogP contribution in [0.1, 0.15) is 5.69 Å². The molecule has 0 unspecified atom stereocenters. The zero-order chi connectivity index (χ0) is 14.1. The second kappa shape index (κ2) is 5.54. The lowest BCUT2D eigenvalue weighted by atomic mass is 10.2. The minimum atomic E-state index is -0.0691. The van der Waals surface area contributed by atoms with Gasteiger partial charge in [0.15, 0.2) is 6.61 Å². The molecular formula is C14H10Br2N2O2. The van der Waals surface area contributed by atoms with Gasteiger partial charge in [0.1, 0.15) is 5.75 Å².